The number of ether oxygens (including phenoxy) is 1. The molecule has 2 aromatic rings. The molecule has 4 saturated heterocycles. The van der Waals surface area contributed by atoms with E-state index < -0.39 is 17.6 Å². The van der Waals surface area contributed by atoms with E-state index in [9.17, 15) is 19.2 Å². The summed E-state index contributed by atoms with van der Waals surface area (Å²) < 4.78 is 8.69. The van der Waals surface area contributed by atoms with Gasteiger partial charge in [-0.2, -0.15) is 0 Å². The summed E-state index contributed by atoms with van der Waals surface area (Å²) in [6, 6.07) is 5.38. The molecule has 1 aromatic heterocycles. The van der Waals surface area contributed by atoms with Crippen LogP contribution in [0.4, 0.5) is 10.5 Å². The quantitative estimate of drug-likeness (QED) is 0.500. The summed E-state index contributed by atoms with van der Waals surface area (Å²) in [7, 11) is 1.74. The van der Waals surface area contributed by atoms with Gasteiger partial charge in [0.2, 0.25) is 11.8 Å². The molecule has 1 atom stereocenters. The third kappa shape index (κ3) is 6.53. The van der Waals surface area contributed by atoms with Crippen LogP contribution in [0, 0.1) is 17.8 Å². The van der Waals surface area contributed by atoms with E-state index in [1.807, 2.05) is 37.8 Å². The zero-order valence-corrected chi connectivity index (χ0v) is 26.7. The fourth-order valence-corrected chi connectivity index (χ4v) is 7.59. The number of piperidine rings is 3. The van der Waals surface area contributed by atoms with Gasteiger partial charge >= 0.3 is 11.8 Å². The fourth-order valence-electron chi connectivity index (χ4n) is 7.59. The number of nitrogens with zero attached hydrogens (tertiary/aromatic N) is 5. The van der Waals surface area contributed by atoms with E-state index in [1.54, 1.807) is 11.6 Å². The van der Waals surface area contributed by atoms with Gasteiger partial charge in [-0.25, -0.2) is 9.59 Å². The number of hydrogen-bond donors (Lipinski definition) is 1. The second-order valence-corrected chi connectivity index (χ2v) is 14.5. The molecule has 4 aliphatic heterocycles. The van der Waals surface area contributed by atoms with E-state index in [4.69, 9.17) is 4.74 Å². The Labute approximate surface area is 259 Å². The first-order valence-electron chi connectivity index (χ1n) is 16.4. The van der Waals surface area contributed by atoms with Gasteiger partial charge in [-0.3, -0.25) is 24.0 Å². The lowest BCUT2D eigenvalue weighted by Crippen LogP contribution is -2.52. The lowest BCUT2D eigenvalue weighted by Gasteiger charge is -2.44. The topological polar surface area (TPSA) is 109 Å². The van der Waals surface area contributed by atoms with Crippen LogP contribution in [0.5, 0.6) is 0 Å². The van der Waals surface area contributed by atoms with Crippen LogP contribution in [0.15, 0.2) is 23.0 Å². The molecule has 4 aliphatic rings. The van der Waals surface area contributed by atoms with Crippen molar-refractivity contribution in [3.8, 4) is 0 Å². The highest BCUT2D eigenvalue weighted by Crippen LogP contribution is 2.33. The second-order valence-electron chi connectivity index (χ2n) is 14.5. The van der Waals surface area contributed by atoms with Crippen LogP contribution in [0.3, 0.4) is 0 Å². The van der Waals surface area contributed by atoms with Gasteiger partial charge in [0.25, 0.3) is 0 Å². The highest BCUT2D eigenvalue weighted by atomic mass is 16.6. The van der Waals surface area contributed by atoms with Gasteiger partial charge in [0, 0.05) is 57.8 Å². The normalized spacial score (nSPS) is 23.2. The van der Waals surface area contributed by atoms with Gasteiger partial charge in [-0.15, -0.1) is 0 Å². The Morgan fingerprint density at radius 3 is 2.20 bits per heavy atom. The molecule has 11 heteroatoms. The van der Waals surface area contributed by atoms with Crippen molar-refractivity contribution in [3.63, 3.8) is 0 Å². The molecule has 0 radical (unpaired) electrons. The summed E-state index contributed by atoms with van der Waals surface area (Å²) in [6.07, 6.45) is 6.37. The summed E-state index contributed by atoms with van der Waals surface area (Å²) >= 11 is 0. The molecule has 44 heavy (non-hydrogen) atoms. The molecule has 4 fully saturated rings. The predicted molar refractivity (Wildman–Crippen MR) is 169 cm³/mol. The molecule has 1 N–H and O–H groups in total. The van der Waals surface area contributed by atoms with Gasteiger partial charge < -0.3 is 19.4 Å². The number of imide groups is 1. The first-order chi connectivity index (χ1) is 20.9. The summed E-state index contributed by atoms with van der Waals surface area (Å²) in [4.78, 5) is 56.4. The largest absolute Gasteiger partial charge is 0.444 e. The van der Waals surface area contributed by atoms with Gasteiger partial charge in [-0.05, 0) is 102 Å². The number of hydrogen-bond acceptors (Lipinski definition) is 7. The Bertz CT molecular complexity index is 1450. The number of benzene rings is 1. The minimum Gasteiger partial charge on any atom is -0.444 e. The number of nitrogens with one attached hydrogen (secondary N) is 1. The summed E-state index contributed by atoms with van der Waals surface area (Å²) in [5.41, 5.74) is 1.95. The van der Waals surface area contributed by atoms with Crippen molar-refractivity contribution in [1.29, 1.82) is 0 Å². The molecule has 0 spiro atoms. The smallest absolute Gasteiger partial charge is 0.410 e. The summed E-state index contributed by atoms with van der Waals surface area (Å²) in [6.45, 7) is 12.9. The Morgan fingerprint density at radius 1 is 0.909 bits per heavy atom. The fraction of sp³-hybridized carbons (Fsp3) is 0.697. The van der Waals surface area contributed by atoms with E-state index in [0.717, 1.165) is 68.2 Å². The highest BCUT2D eigenvalue weighted by Gasteiger charge is 2.34. The number of likely N-dealkylation sites (tertiary alicyclic amines) is 2. The number of fused-ring (bicyclic) bond motifs is 1. The average molecular weight is 609 g/mol. The van der Waals surface area contributed by atoms with Crippen LogP contribution in [-0.2, 0) is 21.4 Å². The average Bonchev–Trinajstić information content (AvgIpc) is 3.20. The number of carbonyl (C=O) groups is 3. The van der Waals surface area contributed by atoms with E-state index in [-0.39, 0.29) is 24.1 Å². The molecule has 5 heterocycles. The number of aryl methyl sites for hydroxylation is 1. The molecular formula is C33H48N6O5. The molecule has 0 bridgehead atoms. The van der Waals surface area contributed by atoms with Gasteiger partial charge in [0.05, 0.1) is 11.0 Å². The van der Waals surface area contributed by atoms with Crippen LogP contribution in [0.1, 0.15) is 71.8 Å². The molecule has 6 rings (SSSR count). The predicted octanol–water partition coefficient (Wildman–Crippen LogP) is 3.50. The number of imidazole rings is 1. The molecule has 11 nitrogen and oxygen atoms in total. The zero-order valence-electron chi connectivity index (χ0n) is 26.7. The Hall–Kier alpha value is -3.34. The number of aromatic nitrogens is 2. The standard InChI is InChI=1S/C33H48N6O5/c1-33(2,3)44-32(43)37-15-11-23(12-16-37)17-22-9-13-36(14-10-22)19-24-20-38(21-24)25-5-6-26-28(18-25)35(4)31(42)39(26)27-7-8-29(40)34-30(27)41/h5-6,18,22-24,27H,7-17,19-21H2,1-4H3,(H,34,40,41). The number of amides is 3. The molecule has 3 amide bonds. The molecular weight excluding hydrogens is 560 g/mol. The van der Waals surface area contributed by atoms with Crippen molar-refractivity contribution >= 4 is 34.6 Å². The molecule has 1 unspecified atom stereocenters. The molecule has 0 aliphatic carbocycles. The molecule has 240 valence electrons. The SMILES string of the molecule is Cn1c(=O)n(C2CCC(=O)NC2=O)c2ccc(N3CC(CN4CCC(CC5CCN(C(=O)OC(C)(C)C)CC5)CC4)C3)cc21. The van der Waals surface area contributed by atoms with Crippen molar-refractivity contribution in [2.75, 3.05) is 50.7 Å². The molecule has 0 saturated carbocycles. The van der Waals surface area contributed by atoms with Crippen molar-refractivity contribution in [2.45, 2.75) is 77.4 Å². The lowest BCUT2D eigenvalue weighted by atomic mass is 9.82. The van der Waals surface area contributed by atoms with Crippen molar-refractivity contribution < 1.29 is 19.1 Å². The second kappa shape index (κ2) is 12.2. The van der Waals surface area contributed by atoms with Crippen LogP contribution in [0.25, 0.3) is 11.0 Å². The maximum atomic E-state index is 13.1. The minimum absolute atomic E-state index is 0.172. The number of anilines is 1. The number of rotatable bonds is 6. The highest BCUT2D eigenvalue weighted by molar-refractivity contribution is 6.00. The Balaban J connectivity index is 0.948. The van der Waals surface area contributed by atoms with Crippen molar-refractivity contribution in [1.82, 2.24) is 24.3 Å². The van der Waals surface area contributed by atoms with Crippen LogP contribution in [-0.4, -0.2) is 88.3 Å². The maximum absolute atomic E-state index is 13.1. The molecule has 1 aromatic carbocycles. The van der Waals surface area contributed by atoms with Crippen molar-refractivity contribution in [2.24, 2.45) is 24.8 Å². The van der Waals surface area contributed by atoms with Crippen LogP contribution >= 0.6 is 0 Å². The zero-order chi connectivity index (χ0) is 31.2. The summed E-state index contributed by atoms with van der Waals surface area (Å²) in [5.74, 6) is 1.44. The Kier molecular flexibility index (Phi) is 8.52. The number of carbonyl (C=O) groups excluding carboxylic acids is 3. The summed E-state index contributed by atoms with van der Waals surface area (Å²) in [5, 5.41) is 2.37. The van der Waals surface area contributed by atoms with E-state index in [0.29, 0.717) is 18.3 Å². The monoisotopic (exact) mass is 608 g/mol. The van der Waals surface area contributed by atoms with Gasteiger partial charge in [0.15, 0.2) is 0 Å². The van der Waals surface area contributed by atoms with Crippen molar-refractivity contribution in [3.05, 3.63) is 28.7 Å². The van der Waals surface area contributed by atoms with Crippen LogP contribution < -0.4 is 15.9 Å². The maximum Gasteiger partial charge on any atom is 0.410 e. The van der Waals surface area contributed by atoms with Gasteiger partial charge in [0.1, 0.15) is 11.6 Å². The van der Waals surface area contributed by atoms with Gasteiger partial charge in [-0.1, -0.05) is 0 Å². The van der Waals surface area contributed by atoms with Crippen LogP contribution in [0.2, 0.25) is 0 Å². The van der Waals surface area contributed by atoms with E-state index in [1.165, 1.54) is 36.9 Å². The van der Waals surface area contributed by atoms with E-state index in [2.05, 4.69) is 21.2 Å². The first kappa shape index (κ1) is 30.7. The minimum atomic E-state index is -0.663. The van der Waals surface area contributed by atoms with E-state index >= 15 is 0 Å². The third-order valence-electron chi connectivity index (χ3n) is 10.1. The Morgan fingerprint density at radius 2 is 1.57 bits per heavy atom. The first-order valence-corrected chi connectivity index (χ1v) is 16.4. The third-order valence-corrected chi connectivity index (χ3v) is 10.1. The lowest BCUT2D eigenvalue weighted by molar-refractivity contribution is -0.135.